The molecule has 1 nitrogen and oxygen atoms in total. The summed E-state index contributed by atoms with van der Waals surface area (Å²) >= 11 is 0. The normalized spacial score (nSPS) is 38.1. The number of hydrogen-bond donors (Lipinski definition) is 1. The second-order valence-corrected chi connectivity index (χ2v) is 8.69. The van der Waals surface area contributed by atoms with E-state index in [1.807, 2.05) is 6.92 Å². The van der Waals surface area contributed by atoms with Crippen LogP contribution in [-0.2, 0) is 0 Å². The molecule has 2 aliphatic carbocycles. The fraction of sp³-hybridized carbons (Fsp3) is 0.800. The number of allylic oxidation sites excluding steroid dienone is 2. The molecule has 0 spiro atoms. The average molecular weight is 290 g/mol. The summed E-state index contributed by atoms with van der Waals surface area (Å²) in [5, 5.41) is 10.3. The summed E-state index contributed by atoms with van der Waals surface area (Å²) in [6, 6.07) is 0. The maximum absolute atomic E-state index is 10.3. The van der Waals surface area contributed by atoms with Crippen LogP contribution in [0.1, 0.15) is 73.1 Å². The summed E-state index contributed by atoms with van der Waals surface area (Å²) in [5.41, 5.74) is 1.65. The van der Waals surface area contributed by atoms with E-state index in [4.69, 9.17) is 0 Å². The molecule has 21 heavy (non-hydrogen) atoms. The van der Waals surface area contributed by atoms with E-state index in [1.165, 1.54) is 25.7 Å². The van der Waals surface area contributed by atoms with E-state index >= 15 is 0 Å². The van der Waals surface area contributed by atoms with Gasteiger partial charge in [0.05, 0.1) is 5.60 Å². The van der Waals surface area contributed by atoms with Crippen molar-refractivity contribution in [1.82, 2.24) is 0 Å². The first-order valence-electron chi connectivity index (χ1n) is 8.69. The minimum atomic E-state index is -0.728. The molecule has 0 aromatic carbocycles. The first-order chi connectivity index (χ1) is 9.62. The SMILES string of the molecule is C=C[C@@](C)(O)CC[C@@]1(C)[C@H](C)CC=C2[C@@H]1CCCC2(C)C. The molecule has 2 rings (SSSR count). The minimum absolute atomic E-state index is 0.314. The van der Waals surface area contributed by atoms with Crippen LogP contribution in [0.3, 0.4) is 0 Å². The standard InChI is InChI=1S/C20H34O/c1-7-19(5,21)13-14-20(6)15(2)10-11-16-17(20)9-8-12-18(16,3)4/h7,11,15,17,21H,1,8-10,12-14H2,2-6H3/t15-,17+,19-,20+/m1/s1. The maximum atomic E-state index is 10.3. The van der Waals surface area contributed by atoms with Crippen molar-refractivity contribution in [3.63, 3.8) is 0 Å². The van der Waals surface area contributed by atoms with E-state index in [0.717, 1.165) is 12.8 Å². The zero-order valence-electron chi connectivity index (χ0n) is 14.7. The first-order valence-corrected chi connectivity index (χ1v) is 8.69. The molecule has 120 valence electrons. The maximum Gasteiger partial charge on any atom is 0.0797 e. The third kappa shape index (κ3) is 3.13. The molecule has 0 aromatic heterocycles. The Morgan fingerprint density at radius 2 is 2.10 bits per heavy atom. The molecule has 0 saturated heterocycles. The van der Waals surface area contributed by atoms with Gasteiger partial charge in [-0.15, -0.1) is 6.58 Å². The van der Waals surface area contributed by atoms with Gasteiger partial charge in [0.1, 0.15) is 0 Å². The quantitative estimate of drug-likeness (QED) is 0.678. The minimum Gasteiger partial charge on any atom is -0.386 e. The van der Waals surface area contributed by atoms with E-state index in [2.05, 4.69) is 40.3 Å². The lowest BCUT2D eigenvalue weighted by atomic mass is 9.51. The molecule has 0 unspecified atom stereocenters. The number of hydrogen-bond acceptors (Lipinski definition) is 1. The molecule has 0 aliphatic heterocycles. The molecule has 0 aromatic rings. The third-order valence-corrected chi connectivity index (χ3v) is 6.67. The molecule has 2 aliphatic rings. The zero-order chi connectivity index (χ0) is 15.9. The topological polar surface area (TPSA) is 20.2 Å². The second kappa shape index (κ2) is 5.57. The van der Waals surface area contributed by atoms with Crippen molar-refractivity contribution in [1.29, 1.82) is 0 Å². The van der Waals surface area contributed by atoms with Gasteiger partial charge < -0.3 is 5.11 Å². The Hall–Kier alpha value is -0.560. The van der Waals surface area contributed by atoms with E-state index in [0.29, 0.717) is 22.7 Å². The summed E-state index contributed by atoms with van der Waals surface area (Å²) < 4.78 is 0. The van der Waals surface area contributed by atoms with Gasteiger partial charge in [-0.1, -0.05) is 51.8 Å². The summed E-state index contributed by atoms with van der Waals surface area (Å²) in [5.74, 6) is 1.39. The lowest BCUT2D eigenvalue weighted by Crippen LogP contribution is -2.44. The Kier molecular flexibility index (Phi) is 4.46. The molecule has 4 atom stereocenters. The van der Waals surface area contributed by atoms with Crippen LogP contribution in [0.25, 0.3) is 0 Å². The van der Waals surface area contributed by atoms with Crippen molar-refractivity contribution in [2.24, 2.45) is 22.7 Å². The monoisotopic (exact) mass is 290 g/mol. The summed E-state index contributed by atoms with van der Waals surface area (Å²) in [6.07, 6.45) is 11.3. The molecule has 1 fully saturated rings. The van der Waals surface area contributed by atoms with E-state index in [1.54, 1.807) is 11.6 Å². The molecule has 1 saturated carbocycles. The largest absolute Gasteiger partial charge is 0.386 e. The van der Waals surface area contributed by atoms with Gasteiger partial charge in [-0.25, -0.2) is 0 Å². The van der Waals surface area contributed by atoms with Crippen LogP contribution in [0.2, 0.25) is 0 Å². The Morgan fingerprint density at radius 1 is 1.43 bits per heavy atom. The van der Waals surface area contributed by atoms with Crippen molar-refractivity contribution in [3.8, 4) is 0 Å². The fourth-order valence-electron chi connectivity index (χ4n) is 4.58. The van der Waals surface area contributed by atoms with Crippen molar-refractivity contribution in [3.05, 3.63) is 24.3 Å². The highest BCUT2D eigenvalue weighted by Crippen LogP contribution is 2.58. The van der Waals surface area contributed by atoms with Gasteiger partial charge in [-0.3, -0.25) is 0 Å². The van der Waals surface area contributed by atoms with Gasteiger partial charge in [0, 0.05) is 0 Å². The molecule has 1 N–H and O–H groups in total. The Bertz CT molecular complexity index is 429. The van der Waals surface area contributed by atoms with Crippen LogP contribution in [0.4, 0.5) is 0 Å². The predicted octanol–water partition coefficient (Wildman–Crippen LogP) is 5.50. The Morgan fingerprint density at radius 3 is 2.71 bits per heavy atom. The highest BCUT2D eigenvalue weighted by molar-refractivity contribution is 5.25. The van der Waals surface area contributed by atoms with Gasteiger partial charge in [0.15, 0.2) is 0 Å². The van der Waals surface area contributed by atoms with Crippen LogP contribution in [0.15, 0.2) is 24.3 Å². The second-order valence-electron chi connectivity index (χ2n) is 8.69. The number of aliphatic hydroxyl groups is 1. The molecular formula is C20H34O. The van der Waals surface area contributed by atoms with Crippen LogP contribution in [-0.4, -0.2) is 10.7 Å². The summed E-state index contributed by atoms with van der Waals surface area (Å²) in [6.45, 7) is 15.4. The van der Waals surface area contributed by atoms with Gasteiger partial charge in [0.25, 0.3) is 0 Å². The number of fused-ring (bicyclic) bond motifs is 1. The summed E-state index contributed by atoms with van der Waals surface area (Å²) in [4.78, 5) is 0. The Labute approximate surface area is 131 Å². The molecule has 1 heteroatoms. The van der Waals surface area contributed by atoms with Crippen molar-refractivity contribution in [2.75, 3.05) is 0 Å². The van der Waals surface area contributed by atoms with Gasteiger partial charge in [-0.05, 0) is 61.7 Å². The molecule has 0 amide bonds. The fourth-order valence-corrected chi connectivity index (χ4v) is 4.58. The highest BCUT2D eigenvalue weighted by atomic mass is 16.3. The number of rotatable bonds is 4. The lowest BCUT2D eigenvalue weighted by Gasteiger charge is -2.53. The van der Waals surface area contributed by atoms with Gasteiger partial charge in [-0.2, -0.15) is 0 Å². The van der Waals surface area contributed by atoms with Crippen molar-refractivity contribution >= 4 is 0 Å². The highest BCUT2D eigenvalue weighted by Gasteiger charge is 2.48. The van der Waals surface area contributed by atoms with Crippen LogP contribution in [0.5, 0.6) is 0 Å². The third-order valence-electron chi connectivity index (χ3n) is 6.67. The van der Waals surface area contributed by atoms with Crippen LogP contribution in [0, 0.1) is 22.7 Å². The zero-order valence-corrected chi connectivity index (χ0v) is 14.7. The van der Waals surface area contributed by atoms with Gasteiger partial charge in [0.2, 0.25) is 0 Å². The van der Waals surface area contributed by atoms with Crippen LogP contribution < -0.4 is 0 Å². The average Bonchev–Trinajstić information content (AvgIpc) is 2.41. The molecular weight excluding hydrogens is 256 g/mol. The molecule has 0 radical (unpaired) electrons. The van der Waals surface area contributed by atoms with E-state index in [9.17, 15) is 5.11 Å². The van der Waals surface area contributed by atoms with Crippen molar-refractivity contribution < 1.29 is 5.11 Å². The van der Waals surface area contributed by atoms with Gasteiger partial charge >= 0.3 is 0 Å². The predicted molar refractivity (Wildman–Crippen MR) is 91.1 cm³/mol. The summed E-state index contributed by atoms with van der Waals surface area (Å²) in [7, 11) is 0. The first kappa shape index (κ1) is 16.8. The van der Waals surface area contributed by atoms with E-state index in [-0.39, 0.29) is 0 Å². The van der Waals surface area contributed by atoms with E-state index < -0.39 is 5.60 Å². The smallest absolute Gasteiger partial charge is 0.0797 e. The molecule has 0 bridgehead atoms. The van der Waals surface area contributed by atoms with Crippen LogP contribution >= 0.6 is 0 Å². The lowest BCUT2D eigenvalue weighted by molar-refractivity contribution is 0.0234. The van der Waals surface area contributed by atoms with Crippen molar-refractivity contribution in [2.45, 2.75) is 78.7 Å². The molecule has 0 heterocycles. The Balaban J connectivity index is 2.25.